The van der Waals surface area contributed by atoms with E-state index in [1.807, 2.05) is 27.7 Å². The van der Waals surface area contributed by atoms with E-state index in [1.54, 1.807) is 29.2 Å². The summed E-state index contributed by atoms with van der Waals surface area (Å²) in [5, 5.41) is 0. The van der Waals surface area contributed by atoms with Crippen molar-refractivity contribution < 1.29 is 22.1 Å². The van der Waals surface area contributed by atoms with E-state index in [1.165, 1.54) is 0 Å². The van der Waals surface area contributed by atoms with Gasteiger partial charge in [-0.15, -0.1) is 0 Å². The number of amides is 1. The Hall–Kier alpha value is -1.64. The van der Waals surface area contributed by atoms with Crippen LogP contribution < -0.4 is 0 Å². The van der Waals surface area contributed by atoms with Gasteiger partial charge in [-0.25, -0.2) is 4.79 Å². The van der Waals surface area contributed by atoms with Crippen LogP contribution in [0.2, 0.25) is 0 Å². The fourth-order valence-corrected chi connectivity index (χ4v) is 4.82. The molecule has 0 atom stereocenters. The maximum absolute atomic E-state index is 12.2. The minimum absolute atomic E-state index is 0.149. The van der Waals surface area contributed by atoms with Crippen molar-refractivity contribution in [1.29, 1.82) is 0 Å². The second kappa shape index (κ2) is 8.24. The number of hydrogen-bond donors (Lipinski definition) is 0. The van der Waals surface area contributed by atoms with Crippen LogP contribution in [0.1, 0.15) is 39.2 Å². The molecule has 2 heterocycles. The topological polar surface area (TPSA) is 76.2 Å². The highest BCUT2D eigenvalue weighted by atomic mass is 32.2. The molecule has 0 saturated carbocycles. The fourth-order valence-electron chi connectivity index (χ4n) is 3.92. The number of piperidine rings is 1. The standard InChI is InChI=1S/C21H32N2O5S/c1-17-5-7-18(8-6-17)29(25,26)27-14-13-22-15-21(16-22)9-11-23(12-10-21)19(24)28-20(2,3)4/h5-8H,9-16H2,1-4H3. The number of aryl methyl sites for hydroxylation is 1. The third-order valence-electron chi connectivity index (χ3n) is 5.55. The maximum atomic E-state index is 12.2. The number of ether oxygens (including phenoxy) is 1. The molecule has 2 aliphatic heterocycles. The Labute approximate surface area is 174 Å². The van der Waals surface area contributed by atoms with Gasteiger partial charge in [0.2, 0.25) is 0 Å². The molecule has 7 nitrogen and oxygen atoms in total. The Balaban J connectivity index is 1.39. The van der Waals surface area contributed by atoms with E-state index in [2.05, 4.69) is 4.90 Å². The van der Waals surface area contributed by atoms with Gasteiger partial charge in [0.15, 0.2) is 0 Å². The summed E-state index contributed by atoms with van der Waals surface area (Å²) >= 11 is 0. The first-order valence-electron chi connectivity index (χ1n) is 10.1. The molecule has 1 aromatic carbocycles. The van der Waals surface area contributed by atoms with Gasteiger partial charge in [0, 0.05) is 32.7 Å². The van der Waals surface area contributed by atoms with Crippen LogP contribution in [0.4, 0.5) is 4.79 Å². The number of hydrogen-bond acceptors (Lipinski definition) is 6. The summed E-state index contributed by atoms with van der Waals surface area (Å²) in [4.78, 5) is 16.4. The van der Waals surface area contributed by atoms with Crippen LogP contribution in [-0.4, -0.2) is 69.2 Å². The average Bonchev–Trinajstić information content (AvgIpc) is 2.59. The van der Waals surface area contributed by atoms with E-state index >= 15 is 0 Å². The summed E-state index contributed by atoms with van der Waals surface area (Å²) in [5.74, 6) is 0. The molecule has 0 radical (unpaired) electrons. The molecule has 29 heavy (non-hydrogen) atoms. The van der Waals surface area contributed by atoms with Crippen molar-refractivity contribution in [2.75, 3.05) is 39.3 Å². The second-order valence-corrected chi connectivity index (χ2v) is 10.9. The lowest BCUT2D eigenvalue weighted by molar-refractivity contribution is -0.0542. The molecule has 0 N–H and O–H groups in total. The number of nitrogens with zero attached hydrogens (tertiary/aromatic N) is 2. The number of carbonyl (C=O) groups is 1. The fraction of sp³-hybridized carbons (Fsp3) is 0.667. The van der Waals surface area contributed by atoms with Crippen molar-refractivity contribution in [1.82, 2.24) is 9.80 Å². The van der Waals surface area contributed by atoms with E-state index in [0.29, 0.717) is 19.6 Å². The third-order valence-corrected chi connectivity index (χ3v) is 6.88. The Morgan fingerprint density at radius 1 is 1.10 bits per heavy atom. The molecule has 1 spiro atoms. The lowest BCUT2D eigenvalue weighted by Gasteiger charge is -2.54. The zero-order valence-corrected chi connectivity index (χ0v) is 18.6. The monoisotopic (exact) mass is 424 g/mol. The first kappa shape index (κ1) is 22.1. The first-order chi connectivity index (χ1) is 13.5. The predicted molar refractivity (Wildman–Crippen MR) is 110 cm³/mol. The van der Waals surface area contributed by atoms with Gasteiger partial charge in [0.1, 0.15) is 5.60 Å². The van der Waals surface area contributed by atoms with Crippen LogP contribution in [0.25, 0.3) is 0 Å². The third kappa shape index (κ3) is 5.71. The second-order valence-electron chi connectivity index (χ2n) is 9.27. The van der Waals surface area contributed by atoms with Crippen molar-refractivity contribution in [2.24, 2.45) is 5.41 Å². The molecule has 1 amide bonds. The summed E-state index contributed by atoms with van der Waals surface area (Å²) in [5.41, 5.74) is 0.764. The number of benzene rings is 1. The molecule has 0 bridgehead atoms. The highest BCUT2D eigenvalue weighted by Gasteiger charge is 2.45. The molecule has 0 unspecified atom stereocenters. The van der Waals surface area contributed by atoms with Gasteiger partial charge in [-0.3, -0.25) is 9.08 Å². The van der Waals surface area contributed by atoms with Crippen molar-refractivity contribution in [3.63, 3.8) is 0 Å². The molecule has 3 rings (SSSR count). The van der Waals surface area contributed by atoms with Crippen LogP contribution in [0.15, 0.2) is 29.2 Å². The summed E-state index contributed by atoms with van der Waals surface area (Å²) in [7, 11) is -3.71. The van der Waals surface area contributed by atoms with Gasteiger partial charge >= 0.3 is 6.09 Å². The minimum atomic E-state index is -3.71. The largest absolute Gasteiger partial charge is 0.444 e. The van der Waals surface area contributed by atoms with Crippen LogP contribution in [0, 0.1) is 12.3 Å². The minimum Gasteiger partial charge on any atom is -0.444 e. The molecule has 2 fully saturated rings. The molecule has 2 aliphatic rings. The van der Waals surface area contributed by atoms with Crippen molar-refractivity contribution in [3.05, 3.63) is 29.8 Å². The van der Waals surface area contributed by atoms with Gasteiger partial charge in [0.05, 0.1) is 11.5 Å². The number of carbonyl (C=O) groups excluding carboxylic acids is 1. The van der Waals surface area contributed by atoms with E-state index in [0.717, 1.165) is 31.5 Å². The zero-order valence-electron chi connectivity index (χ0n) is 17.8. The highest BCUT2D eigenvalue weighted by molar-refractivity contribution is 7.86. The molecule has 8 heteroatoms. The first-order valence-corrected chi connectivity index (χ1v) is 11.6. The molecular weight excluding hydrogens is 392 g/mol. The van der Waals surface area contributed by atoms with Crippen LogP contribution in [0.5, 0.6) is 0 Å². The van der Waals surface area contributed by atoms with Crippen LogP contribution in [0.3, 0.4) is 0 Å². The summed E-state index contributed by atoms with van der Waals surface area (Å²) in [6, 6.07) is 6.67. The van der Waals surface area contributed by atoms with Crippen molar-refractivity contribution in [2.45, 2.75) is 51.0 Å². The SMILES string of the molecule is Cc1ccc(S(=O)(=O)OCCN2CC3(CCN(C(=O)OC(C)(C)C)CC3)C2)cc1. The van der Waals surface area contributed by atoms with Gasteiger partial charge in [-0.2, -0.15) is 8.42 Å². The number of likely N-dealkylation sites (tertiary alicyclic amines) is 2. The molecule has 0 aliphatic carbocycles. The Bertz CT molecular complexity index is 814. The molecule has 0 aromatic heterocycles. The molecule has 1 aromatic rings. The van der Waals surface area contributed by atoms with Gasteiger partial charge in [-0.05, 0) is 58.1 Å². The maximum Gasteiger partial charge on any atom is 0.410 e. The Morgan fingerprint density at radius 2 is 1.69 bits per heavy atom. The van der Waals surface area contributed by atoms with E-state index in [4.69, 9.17) is 8.92 Å². The number of rotatable bonds is 5. The van der Waals surface area contributed by atoms with Crippen LogP contribution >= 0.6 is 0 Å². The molecule has 162 valence electrons. The molecular formula is C21H32N2O5S. The lowest BCUT2D eigenvalue weighted by Crippen LogP contribution is -2.61. The van der Waals surface area contributed by atoms with Gasteiger partial charge < -0.3 is 9.64 Å². The quantitative estimate of drug-likeness (QED) is 0.677. The van der Waals surface area contributed by atoms with E-state index in [9.17, 15) is 13.2 Å². The van der Waals surface area contributed by atoms with Crippen molar-refractivity contribution in [3.8, 4) is 0 Å². The average molecular weight is 425 g/mol. The summed E-state index contributed by atoms with van der Waals surface area (Å²) in [6.07, 6.45) is 1.66. The highest BCUT2D eigenvalue weighted by Crippen LogP contribution is 2.40. The molecule has 2 saturated heterocycles. The van der Waals surface area contributed by atoms with Gasteiger partial charge in [-0.1, -0.05) is 17.7 Å². The predicted octanol–water partition coefficient (Wildman–Crippen LogP) is 3.03. The Morgan fingerprint density at radius 3 is 2.24 bits per heavy atom. The van der Waals surface area contributed by atoms with Gasteiger partial charge in [0.25, 0.3) is 10.1 Å². The summed E-state index contributed by atoms with van der Waals surface area (Å²) in [6.45, 7) is 11.5. The van der Waals surface area contributed by atoms with Crippen molar-refractivity contribution >= 4 is 16.2 Å². The van der Waals surface area contributed by atoms with E-state index in [-0.39, 0.29) is 23.0 Å². The Kier molecular flexibility index (Phi) is 6.27. The normalized spacial score (nSPS) is 19.8. The lowest BCUT2D eigenvalue weighted by atomic mass is 9.72. The van der Waals surface area contributed by atoms with Crippen LogP contribution in [-0.2, 0) is 19.0 Å². The smallest absolute Gasteiger partial charge is 0.410 e. The zero-order chi connectivity index (χ0) is 21.3. The summed E-state index contributed by atoms with van der Waals surface area (Å²) < 4.78 is 35.1. The van der Waals surface area contributed by atoms with E-state index < -0.39 is 15.7 Å².